The van der Waals surface area contributed by atoms with E-state index < -0.39 is 0 Å². The molecule has 0 heterocycles. The molecule has 1 fully saturated rings. The van der Waals surface area contributed by atoms with Gasteiger partial charge in [-0.1, -0.05) is 31.5 Å². The van der Waals surface area contributed by atoms with E-state index in [0.717, 1.165) is 23.9 Å². The second-order valence-corrected chi connectivity index (χ2v) is 6.15. The van der Waals surface area contributed by atoms with Gasteiger partial charge in [-0.25, -0.2) is 4.39 Å². The third-order valence-corrected chi connectivity index (χ3v) is 4.06. The highest BCUT2D eigenvalue weighted by Crippen LogP contribution is 2.28. The van der Waals surface area contributed by atoms with Crippen LogP contribution >= 0.6 is 11.6 Å². The lowest BCUT2D eigenvalue weighted by atomic mass is 9.80. The molecule has 0 aromatic heterocycles. The molecule has 0 amide bonds. The van der Waals surface area contributed by atoms with Crippen molar-refractivity contribution in [2.75, 3.05) is 0 Å². The number of hydrogen-bond acceptors (Lipinski definition) is 1. The van der Waals surface area contributed by atoms with E-state index in [2.05, 4.69) is 19.2 Å². The van der Waals surface area contributed by atoms with Gasteiger partial charge < -0.3 is 5.32 Å². The van der Waals surface area contributed by atoms with E-state index in [-0.39, 0.29) is 10.8 Å². The molecule has 100 valence electrons. The Morgan fingerprint density at radius 1 is 1.22 bits per heavy atom. The first-order chi connectivity index (χ1) is 8.54. The quantitative estimate of drug-likeness (QED) is 0.858. The molecule has 2 rings (SSSR count). The van der Waals surface area contributed by atoms with Crippen LogP contribution in [0.1, 0.15) is 38.7 Å². The zero-order valence-corrected chi connectivity index (χ0v) is 11.8. The first kappa shape index (κ1) is 13.8. The zero-order valence-electron chi connectivity index (χ0n) is 11.0. The van der Waals surface area contributed by atoms with Gasteiger partial charge in [0.1, 0.15) is 5.82 Å². The van der Waals surface area contributed by atoms with Crippen molar-refractivity contribution < 1.29 is 4.39 Å². The number of hydrogen-bond donors (Lipinski definition) is 1. The highest BCUT2D eigenvalue weighted by Gasteiger charge is 2.23. The van der Waals surface area contributed by atoms with Crippen LogP contribution in [-0.2, 0) is 6.54 Å². The highest BCUT2D eigenvalue weighted by molar-refractivity contribution is 6.30. The molecule has 1 aliphatic carbocycles. The van der Waals surface area contributed by atoms with Crippen molar-refractivity contribution in [3.05, 3.63) is 34.6 Å². The van der Waals surface area contributed by atoms with Crippen LogP contribution in [0, 0.1) is 17.7 Å². The van der Waals surface area contributed by atoms with Crippen molar-refractivity contribution in [3.63, 3.8) is 0 Å². The van der Waals surface area contributed by atoms with Crippen molar-refractivity contribution in [2.24, 2.45) is 11.8 Å². The molecule has 1 aromatic carbocycles. The molecule has 1 nitrogen and oxygen atoms in total. The van der Waals surface area contributed by atoms with Gasteiger partial charge in [-0.05, 0) is 48.8 Å². The van der Waals surface area contributed by atoms with Gasteiger partial charge in [0.2, 0.25) is 0 Å². The summed E-state index contributed by atoms with van der Waals surface area (Å²) >= 11 is 5.67. The average Bonchev–Trinajstić information content (AvgIpc) is 2.29. The highest BCUT2D eigenvalue weighted by atomic mass is 35.5. The molecule has 2 unspecified atom stereocenters. The Balaban J connectivity index is 1.89. The molecule has 18 heavy (non-hydrogen) atoms. The van der Waals surface area contributed by atoms with Crippen LogP contribution in [0.3, 0.4) is 0 Å². The molecular weight excluding hydrogens is 249 g/mol. The van der Waals surface area contributed by atoms with Crippen LogP contribution in [0.25, 0.3) is 0 Å². The fourth-order valence-electron chi connectivity index (χ4n) is 3.03. The fraction of sp³-hybridized carbons (Fsp3) is 0.600. The zero-order chi connectivity index (χ0) is 13.1. The first-order valence-corrected chi connectivity index (χ1v) is 7.09. The van der Waals surface area contributed by atoms with Crippen molar-refractivity contribution in [1.82, 2.24) is 5.32 Å². The molecule has 0 spiro atoms. The second kappa shape index (κ2) is 6.03. The van der Waals surface area contributed by atoms with E-state index >= 15 is 0 Å². The van der Waals surface area contributed by atoms with E-state index in [1.54, 1.807) is 6.07 Å². The lowest BCUT2D eigenvalue weighted by molar-refractivity contribution is 0.238. The van der Waals surface area contributed by atoms with Gasteiger partial charge in [-0.2, -0.15) is 0 Å². The Morgan fingerprint density at radius 2 is 1.89 bits per heavy atom. The number of nitrogens with one attached hydrogen (secondary N) is 1. The summed E-state index contributed by atoms with van der Waals surface area (Å²) in [6.45, 7) is 5.34. The van der Waals surface area contributed by atoms with E-state index in [1.807, 2.05) is 6.07 Å². The van der Waals surface area contributed by atoms with Gasteiger partial charge in [0.05, 0.1) is 5.02 Å². The Hall–Kier alpha value is -0.600. The Bertz CT molecular complexity index is 397. The monoisotopic (exact) mass is 269 g/mol. The predicted molar refractivity (Wildman–Crippen MR) is 74.2 cm³/mol. The summed E-state index contributed by atoms with van der Waals surface area (Å²) in [5.74, 6) is 1.24. The van der Waals surface area contributed by atoms with Crippen LogP contribution in [0.4, 0.5) is 4.39 Å². The van der Waals surface area contributed by atoms with Gasteiger partial charge in [0.25, 0.3) is 0 Å². The molecule has 0 aliphatic heterocycles. The largest absolute Gasteiger partial charge is 0.310 e. The van der Waals surface area contributed by atoms with Crippen molar-refractivity contribution >= 4 is 11.6 Å². The molecule has 0 saturated heterocycles. The van der Waals surface area contributed by atoms with E-state index in [4.69, 9.17) is 11.6 Å². The predicted octanol–water partition coefficient (Wildman–Crippen LogP) is 4.39. The maximum absolute atomic E-state index is 13.3. The van der Waals surface area contributed by atoms with E-state index in [1.165, 1.54) is 25.3 Å². The maximum atomic E-state index is 13.3. The Kier molecular flexibility index (Phi) is 4.63. The average molecular weight is 270 g/mol. The molecule has 2 atom stereocenters. The Morgan fingerprint density at radius 3 is 2.50 bits per heavy atom. The molecule has 1 saturated carbocycles. The van der Waals surface area contributed by atoms with Crippen LogP contribution in [0.5, 0.6) is 0 Å². The SMILES string of the molecule is CC1CC(C)CC(NCc2ccc(Cl)c(F)c2)C1. The standard InChI is InChI=1S/C15H21ClFN/c1-10-5-11(2)7-13(6-10)18-9-12-3-4-14(16)15(17)8-12/h3-4,8,10-11,13,18H,5-7,9H2,1-2H3. The first-order valence-electron chi connectivity index (χ1n) is 6.72. The van der Waals surface area contributed by atoms with Crippen LogP contribution in [0.2, 0.25) is 5.02 Å². The smallest absolute Gasteiger partial charge is 0.142 e. The third kappa shape index (κ3) is 3.69. The number of halogens is 2. The lowest BCUT2D eigenvalue weighted by Crippen LogP contribution is -2.35. The van der Waals surface area contributed by atoms with Gasteiger partial charge in [0.15, 0.2) is 0 Å². The summed E-state index contributed by atoms with van der Waals surface area (Å²) < 4.78 is 13.3. The van der Waals surface area contributed by atoms with Crippen LogP contribution in [0.15, 0.2) is 18.2 Å². The molecule has 1 aliphatic rings. The Labute approximate surface area is 114 Å². The van der Waals surface area contributed by atoms with Crippen LogP contribution < -0.4 is 5.32 Å². The minimum atomic E-state index is -0.332. The normalized spacial score (nSPS) is 28.3. The van der Waals surface area contributed by atoms with Crippen molar-refractivity contribution in [3.8, 4) is 0 Å². The molecule has 0 bridgehead atoms. The van der Waals surface area contributed by atoms with Gasteiger partial charge >= 0.3 is 0 Å². The van der Waals surface area contributed by atoms with E-state index in [9.17, 15) is 4.39 Å². The van der Waals surface area contributed by atoms with E-state index in [0.29, 0.717) is 6.04 Å². The summed E-state index contributed by atoms with van der Waals surface area (Å²) in [7, 11) is 0. The molecule has 1 N–H and O–H groups in total. The summed E-state index contributed by atoms with van der Waals surface area (Å²) in [5, 5.41) is 3.73. The minimum absolute atomic E-state index is 0.193. The lowest BCUT2D eigenvalue weighted by Gasteiger charge is -2.32. The minimum Gasteiger partial charge on any atom is -0.310 e. The second-order valence-electron chi connectivity index (χ2n) is 5.74. The number of benzene rings is 1. The number of rotatable bonds is 3. The fourth-order valence-corrected chi connectivity index (χ4v) is 3.14. The summed E-state index contributed by atoms with van der Waals surface area (Å²) in [6, 6.07) is 5.58. The summed E-state index contributed by atoms with van der Waals surface area (Å²) in [4.78, 5) is 0. The van der Waals surface area contributed by atoms with Gasteiger partial charge in [-0.3, -0.25) is 0 Å². The summed E-state index contributed by atoms with van der Waals surface area (Å²) in [6.07, 6.45) is 3.77. The molecule has 3 heteroatoms. The maximum Gasteiger partial charge on any atom is 0.142 e. The molecular formula is C15H21ClFN. The third-order valence-electron chi connectivity index (χ3n) is 3.76. The topological polar surface area (TPSA) is 12.0 Å². The molecule has 0 radical (unpaired) electrons. The van der Waals surface area contributed by atoms with Crippen molar-refractivity contribution in [1.29, 1.82) is 0 Å². The van der Waals surface area contributed by atoms with Crippen molar-refractivity contribution in [2.45, 2.75) is 45.7 Å². The molecule has 1 aromatic rings. The van der Waals surface area contributed by atoms with Crippen LogP contribution in [-0.4, -0.2) is 6.04 Å². The van der Waals surface area contributed by atoms with Gasteiger partial charge in [0, 0.05) is 12.6 Å². The summed E-state index contributed by atoms with van der Waals surface area (Å²) in [5.41, 5.74) is 0.961. The van der Waals surface area contributed by atoms with Gasteiger partial charge in [-0.15, -0.1) is 0 Å².